The second-order valence-corrected chi connectivity index (χ2v) is 8.54. The van der Waals surface area contributed by atoms with E-state index in [1.807, 2.05) is 24.3 Å². The third-order valence-electron chi connectivity index (χ3n) is 6.52. The van der Waals surface area contributed by atoms with Crippen molar-refractivity contribution in [1.82, 2.24) is 10.6 Å². The van der Waals surface area contributed by atoms with Crippen LogP contribution in [0.5, 0.6) is 0 Å². The van der Waals surface area contributed by atoms with Gasteiger partial charge in [-0.2, -0.15) is 0 Å². The Morgan fingerprint density at radius 2 is 1.70 bits per heavy atom. The molecule has 172 valence electrons. The standard InChI is InChI=1S/C26H28N2O5/c1-2-8-23(25(30)31)27-24(29)20-13-7-14-22(20)28-26(32)33-15-21-18-11-5-3-9-16(18)17-10-4-6-12-19(17)21/h2-6,9-12,20-23H,1,7-8,13-15H2,(H,27,29)(H,28,32)(H,30,31). The average molecular weight is 449 g/mol. The summed E-state index contributed by atoms with van der Waals surface area (Å²) in [6.45, 7) is 3.73. The molecule has 2 aliphatic carbocycles. The lowest BCUT2D eigenvalue weighted by molar-refractivity contribution is -0.142. The summed E-state index contributed by atoms with van der Waals surface area (Å²) in [6.07, 6.45) is 3.02. The van der Waals surface area contributed by atoms with Crippen LogP contribution < -0.4 is 10.6 Å². The number of ether oxygens (including phenoxy) is 1. The van der Waals surface area contributed by atoms with Crippen molar-refractivity contribution in [2.45, 2.75) is 43.7 Å². The lowest BCUT2D eigenvalue weighted by Crippen LogP contribution is -2.48. The summed E-state index contributed by atoms with van der Waals surface area (Å²) in [5, 5.41) is 14.7. The van der Waals surface area contributed by atoms with Crippen LogP contribution in [-0.4, -0.2) is 41.8 Å². The third kappa shape index (κ3) is 4.77. The molecule has 2 aliphatic rings. The molecule has 1 fully saturated rings. The van der Waals surface area contributed by atoms with E-state index in [9.17, 15) is 19.5 Å². The van der Waals surface area contributed by atoms with Crippen LogP contribution >= 0.6 is 0 Å². The second kappa shape index (κ2) is 9.90. The van der Waals surface area contributed by atoms with Gasteiger partial charge in [-0.25, -0.2) is 9.59 Å². The molecule has 4 rings (SSSR count). The molecule has 7 heteroatoms. The molecule has 2 amide bonds. The number of nitrogens with one attached hydrogen (secondary N) is 2. The maximum absolute atomic E-state index is 12.7. The van der Waals surface area contributed by atoms with Crippen LogP contribution in [0, 0.1) is 5.92 Å². The highest BCUT2D eigenvalue weighted by atomic mass is 16.5. The minimum Gasteiger partial charge on any atom is -0.480 e. The van der Waals surface area contributed by atoms with Crippen molar-refractivity contribution < 1.29 is 24.2 Å². The number of carbonyl (C=O) groups is 3. The molecule has 0 heterocycles. The smallest absolute Gasteiger partial charge is 0.407 e. The van der Waals surface area contributed by atoms with Gasteiger partial charge in [-0.15, -0.1) is 6.58 Å². The van der Waals surface area contributed by atoms with Crippen LogP contribution in [-0.2, 0) is 14.3 Å². The molecule has 3 N–H and O–H groups in total. The number of alkyl carbamates (subject to hydrolysis) is 1. The molecule has 2 aromatic carbocycles. The molecule has 7 nitrogen and oxygen atoms in total. The predicted molar refractivity (Wildman–Crippen MR) is 124 cm³/mol. The third-order valence-corrected chi connectivity index (χ3v) is 6.52. The first-order chi connectivity index (χ1) is 16.0. The Hall–Kier alpha value is -3.61. The van der Waals surface area contributed by atoms with Gasteiger partial charge >= 0.3 is 12.1 Å². The van der Waals surface area contributed by atoms with E-state index < -0.39 is 24.0 Å². The zero-order valence-electron chi connectivity index (χ0n) is 18.3. The highest BCUT2D eigenvalue weighted by molar-refractivity contribution is 5.86. The summed E-state index contributed by atoms with van der Waals surface area (Å²) in [7, 11) is 0. The number of hydrogen-bond acceptors (Lipinski definition) is 4. The van der Waals surface area contributed by atoms with Gasteiger partial charge in [0.05, 0.1) is 5.92 Å². The number of carboxylic acid groups (broad SMARTS) is 1. The van der Waals surface area contributed by atoms with Gasteiger partial charge in [0, 0.05) is 12.0 Å². The minimum absolute atomic E-state index is 0.0407. The lowest BCUT2D eigenvalue weighted by Gasteiger charge is -2.23. The molecule has 3 unspecified atom stereocenters. The first-order valence-electron chi connectivity index (χ1n) is 11.2. The summed E-state index contributed by atoms with van der Waals surface area (Å²) < 4.78 is 5.60. The molecular weight excluding hydrogens is 420 g/mol. The summed E-state index contributed by atoms with van der Waals surface area (Å²) in [4.78, 5) is 36.6. The highest BCUT2D eigenvalue weighted by Gasteiger charge is 2.36. The van der Waals surface area contributed by atoms with Crippen LogP contribution in [0.1, 0.15) is 42.7 Å². The van der Waals surface area contributed by atoms with Gasteiger partial charge in [-0.05, 0) is 41.5 Å². The Morgan fingerprint density at radius 3 is 2.30 bits per heavy atom. The molecule has 1 saturated carbocycles. The van der Waals surface area contributed by atoms with Crippen molar-refractivity contribution in [3.63, 3.8) is 0 Å². The number of aliphatic carboxylic acids is 1. The Labute approximate surface area is 192 Å². The van der Waals surface area contributed by atoms with Gasteiger partial charge in [0.25, 0.3) is 0 Å². The monoisotopic (exact) mass is 448 g/mol. The summed E-state index contributed by atoms with van der Waals surface area (Å²) in [6, 6.07) is 14.8. The fraction of sp³-hybridized carbons (Fsp3) is 0.346. The van der Waals surface area contributed by atoms with Crippen LogP contribution in [0.15, 0.2) is 61.2 Å². The van der Waals surface area contributed by atoms with E-state index in [0.29, 0.717) is 12.8 Å². The Balaban J connectivity index is 1.37. The maximum Gasteiger partial charge on any atom is 0.407 e. The fourth-order valence-electron chi connectivity index (χ4n) is 4.90. The van der Waals surface area contributed by atoms with Crippen LogP contribution in [0.25, 0.3) is 11.1 Å². The Bertz CT molecular complexity index is 1020. The van der Waals surface area contributed by atoms with Crippen LogP contribution in [0.4, 0.5) is 4.79 Å². The zero-order valence-corrected chi connectivity index (χ0v) is 18.3. The molecular formula is C26H28N2O5. The van der Waals surface area contributed by atoms with Gasteiger partial charge in [0.15, 0.2) is 0 Å². The Kier molecular flexibility index (Phi) is 6.77. The van der Waals surface area contributed by atoms with E-state index in [0.717, 1.165) is 28.7 Å². The van der Waals surface area contributed by atoms with E-state index >= 15 is 0 Å². The number of carbonyl (C=O) groups excluding carboxylic acids is 2. The molecule has 3 atom stereocenters. The topological polar surface area (TPSA) is 105 Å². The first-order valence-corrected chi connectivity index (χ1v) is 11.2. The van der Waals surface area contributed by atoms with E-state index in [1.165, 1.54) is 6.08 Å². The first kappa shape index (κ1) is 22.6. The number of fused-ring (bicyclic) bond motifs is 3. The number of hydrogen-bond donors (Lipinski definition) is 3. The number of benzene rings is 2. The van der Waals surface area contributed by atoms with Crippen molar-refractivity contribution >= 4 is 18.0 Å². The van der Waals surface area contributed by atoms with Crippen LogP contribution in [0.2, 0.25) is 0 Å². The van der Waals surface area contributed by atoms with Gasteiger partial charge in [0.2, 0.25) is 5.91 Å². The molecule has 2 aromatic rings. The van der Waals surface area contributed by atoms with Crippen molar-refractivity contribution in [2.24, 2.45) is 5.92 Å². The van der Waals surface area contributed by atoms with Crippen LogP contribution in [0.3, 0.4) is 0 Å². The average Bonchev–Trinajstić information content (AvgIpc) is 3.40. The zero-order chi connectivity index (χ0) is 23.4. The fourth-order valence-corrected chi connectivity index (χ4v) is 4.90. The molecule has 0 spiro atoms. The second-order valence-electron chi connectivity index (χ2n) is 8.54. The van der Waals surface area contributed by atoms with Crippen molar-refractivity contribution in [2.75, 3.05) is 6.61 Å². The molecule has 33 heavy (non-hydrogen) atoms. The predicted octanol–water partition coefficient (Wildman–Crippen LogP) is 3.84. The normalized spacial score (nSPS) is 19.8. The highest BCUT2D eigenvalue weighted by Crippen LogP contribution is 2.44. The molecule has 0 bridgehead atoms. The van der Waals surface area contributed by atoms with Gasteiger partial charge in [0.1, 0.15) is 12.6 Å². The van der Waals surface area contributed by atoms with E-state index in [1.54, 1.807) is 0 Å². The largest absolute Gasteiger partial charge is 0.480 e. The summed E-state index contributed by atoms with van der Waals surface area (Å²) in [5.41, 5.74) is 4.57. The van der Waals surface area contributed by atoms with E-state index in [4.69, 9.17) is 4.74 Å². The van der Waals surface area contributed by atoms with Gasteiger partial charge in [-0.3, -0.25) is 4.79 Å². The van der Waals surface area contributed by atoms with E-state index in [-0.39, 0.29) is 30.9 Å². The van der Waals surface area contributed by atoms with Gasteiger partial charge < -0.3 is 20.5 Å². The summed E-state index contributed by atoms with van der Waals surface area (Å²) in [5.74, 6) is -2.01. The quantitative estimate of drug-likeness (QED) is 0.532. The van der Waals surface area contributed by atoms with Gasteiger partial charge in [-0.1, -0.05) is 61.0 Å². The minimum atomic E-state index is -1.11. The molecule has 0 aromatic heterocycles. The van der Waals surface area contributed by atoms with Crippen molar-refractivity contribution in [3.8, 4) is 11.1 Å². The number of rotatable bonds is 8. The van der Waals surface area contributed by atoms with Crippen molar-refractivity contribution in [3.05, 3.63) is 72.3 Å². The van der Waals surface area contributed by atoms with E-state index in [2.05, 4.69) is 41.5 Å². The number of amides is 2. The Morgan fingerprint density at radius 1 is 1.06 bits per heavy atom. The molecule has 0 saturated heterocycles. The number of carboxylic acids is 1. The summed E-state index contributed by atoms with van der Waals surface area (Å²) >= 11 is 0. The lowest BCUT2D eigenvalue weighted by atomic mass is 9.98. The molecule has 0 aliphatic heterocycles. The SMILES string of the molecule is C=CCC(NC(=O)C1CCCC1NC(=O)OCC1c2ccccc2-c2ccccc21)C(=O)O. The maximum atomic E-state index is 12.7. The van der Waals surface area contributed by atoms with Crippen molar-refractivity contribution in [1.29, 1.82) is 0 Å². The molecule has 0 radical (unpaired) electrons.